The van der Waals surface area contributed by atoms with Gasteiger partial charge in [-0.2, -0.15) is 0 Å². The summed E-state index contributed by atoms with van der Waals surface area (Å²) in [6.45, 7) is 11.5. The molecule has 5 nitrogen and oxygen atoms in total. The van der Waals surface area contributed by atoms with Crippen LogP contribution in [0.3, 0.4) is 0 Å². The topological polar surface area (TPSA) is 56.7 Å². The van der Waals surface area contributed by atoms with Gasteiger partial charge in [-0.25, -0.2) is 4.99 Å². The Morgan fingerprint density at radius 2 is 1.97 bits per heavy atom. The zero-order valence-electron chi connectivity index (χ0n) is 19.7. The molecule has 2 N–H and O–H groups in total. The van der Waals surface area contributed by atoms with Crippen LogP contribution in [0.5, 0.6) is 0 Å². The van der Waals surface area contributed by atoms with Crippen LogP contribution < -0.4 is 10.6 Å². The number of hydrogen-bond donors (Lipinski definition) is 2. The Morgan fingerprint density at radius 1 is 1.16 bits per heavy atom. The molecule has 0 aromatic heterocycles. The van der Waals surface area contributed by atoms with Gasteiger partial charge in [0.25, 0.3) is 0 Å². The Balaban J connectivity index is 1.63. The number of nitrogens with zero attached hydrogens (tertiary/aromatic N) is 2. The quantitative estimate of drug-likeness (QED) is 0.467. The maximum absolute atomic E-state index is 12.3. The van der Waals surface area contributed by atoms with Gasteiger partial charge in [-0.1, -0.05) is 44.5 Å². The molecule has 3 rings (SSSR count). The van der Waals surface area contributed by atoms with Gasteiger partial charge in [-0.3, -0.25) is 9.11 Å². The average Bonchev–Trinajstić information content (AvgIpc) is 2.78. The smallest absolute Gasteiger partial charge is 0.191 e. The average molecular weight is 447 g/mol. The Kier molecular flexibility index (Phi) is 9.85. The van der Waals surface area contributed by atoms with Gasteiger partial charge >= 0.3 is 0 Å². The fraction of sp³-hybridized carbons (Fsp3) is 0.720. The number of guanidine groups is 1. The largest absolute Gasteiger partial charge is 0.357 e. The molecule has 174 valence electrons. The van der Waals surface area contributed by atoms with Crippen LogP contribution in [-0.2, 0) is 23.9 Å². The summed E-state index contributed by atoms with van der Waals surface area (Å²) in [5.41, 5.74) is 2.71. The molecule has 1 heterocycles. The molecular weight excluding hydrogens is 404 g/mol. The first-order valence-corrected chi connectivity index (χ1v) is 13.7. The predicted octanol–water partition coefficient (Wildman–Crippen LogP) is 4.05. The van der Waals surface area contributed by atoms with Gasteiger partial charge in [0, 0.05) is 47.5 Å². The minimum Gasteiger partial charge on any atom is -0.357 e. The molecular formula is C25H42N4OS. The Morgan fingerprint density at radius 3 is 2.71 bits per heavy atom. The second-order valence-corrected chi connectivity index (χ2v) is 11.3. The zero-order valence-corrected chi connectivity index (χ0v) is 20.6. The first kappa shape index (κ1) is 24.2. The molecule has 2 aliphatic rings. The molecule has 1 aliphatic carbocycles. The number of piperidine rings is 1. The predicted molar refractivity (Wildman–Crippen MR) is 133 cm³/mol. The summed E-state index contributed by atoms with van der Waals surface area (Å²) in [4.78, 5) is 7.53. The van der Waals surface area contributed by atoms with Crippen molar-refractivity contribution < 1.29 is 4.21 Å². The van der Waals surface area contributed by atoms with E-state index in [1.807, 2.05) is 6.92 Å². The molecule has 4 unspecified atom stereocenters. The molecule has 0 amide bonds. The van der Waals surface area contributed by atoms with Crippen LogP contribution >= 0.6 is 0 Å². The highest BCUT2D eigenvalue weighted by Crippen LogP contribution is 2.23. The van der Waals surface area contributed by atoms with Crippen LogP contribution in [0.15, 0.2) is 29.3 Å². The van der Waals surface area contributed by atoms with Crippen molar-refractivity contribution in [2.75, 3.05) is 25.4 Å². The normalized spacial score (nSPS) is 26.4. The lowest BCUT2D eigenvalue weighted by molar-refractivity contribution is 0.176. The van der Waals surface area contributed by atoms with E-state index in [4.69, 9.17) is 4.99 Å². The number of benzene rings is 1. The van der Waals surface area contributed by atoms with E-state index in [9.17, 15) is 4.21 Å². The molecule has 0 spiro atoms. The zero-order chi connectivity index (χ0) is 22.1. The summed E-state index contributed by atoms with van der Waals surface area (Å²) in [6.07, 6.45) is 7.01. The van der Waals surface area contributed by atoms with Gasteiger partial charge in [0.15, 0.2) is 5.96 Å². The molecule has 31 heavy (non-hydrogen) atoms. The fourth-order valence-electron chi connectivity index (χ4n) is 4.97. The summed E-state index contributed by atoms with van der Waals surface area (Å²) in [5.74, 6) is 2.44. The van der Waals surface area contributed by atoms with Gasteiger partial charge in [-0.15, -0.1) is 0 Å². The standard InChI is InChI=1S/C25H42N4OS/c1-4-26-25(28-23-13-8-14-24(16-23)31(30)5-2)27-17-21-11-6-7-12-22(21)19-29-15-9-10-20(3)18-29/h6-7,11-12,20,23-24H,4-5,8-10,13-19H2,1-3H3,(H2,26,27,28). The molecule has 0 bridgehead atoms. The number of aliphatic imine (C=N–C) groups is 1. The number of rotatable bonds is 8. The van der Waals surface area contributed by atoms with Crippen LogP contribution in [0, 0.1) is 5.92 Å². The van der Waals surface area contributed by atoms with Gasteiger partial charge in [0.2, 0.25) is 0 Å². The number of hydrogen-bond acceptors (Lipinski definition) is 3. The highest BCUT2D eigenvalue weighted by Gasteiger charge is 2.26. The highest BCUT2D eigenvalue weighted by molar-refractivity contribution is 7.85. The lowest BCUT2D eigenvalue weighted by atomic mass is 9.95. The van der Waals surface area contributed by atoms with Crippen molar-refractivity contribution in [3.63, 3.8) is 0 Å². The maximum Gasteiger partial charge on any atom is 0.191 e. The SMILES string of the molecule is CCNC(=NCc1ccccc1CN1CCCC(C)C1)NC1CCCC(S(=O)CC)C1. The monoisotopic (exact) mass is 446 g/mol. The van der Waals surface area contributed by atoms with Crippen molar-refractivity contribution in [3.05, 3.63) is 35.4 Å². The van der Waals surface area contributed by atoms with E-state index >= 15 is 0 Å². The fourth-order valence-corrected chi connectivity index (χ4v) is 6.31. The molecule has 1 saturated carbocycles. The van der Waals surface area contributed by atoms with E-state index in [0.717, 1.165) is 56.4 Å². The second kappa shape index (κ2) is 12.6. The van der Waals surface area contributed by atoms with E-state index in [1.54, 1.807) is 0 Å². The van der Waals surface area contributed by atoms with Gasteiger partial charge in [0.05, 0.1) is 6.54 Å². The van der Waals surface area contributed by atoms with Crippen LogP contribution in [0.2, 0.25) is 0 Å². The minimum absolute atomic E-state index is 0.326. The molecule has 1 aromatic carbocycles. The summed E-state index contributed by atoms with van der Waals surface area (Å²) < 4.78 is 12.3. The third-order valence-electron chi connectivity index (χ3n) is 6.63. The molecule has 2 fully saturated rings. The minimum atomic E-state index is -0.701. The van der Waals surface area contributed by atoms with Gasteiger partial charge in [0.1, 0.15) is 0 Å². The Labute approximate surface area is 191 Å². The number of likely N-dealkylation sites (tertiary alicyclic amines) is 1. The molecule has 1 aromatic rings. The summed E-state index contributed by atoms with van der Waals surface area (Å²) in [5, 5.41) is 7.38. The van der Waals surface area contributed by atoms with E-state index in [0.29, 0.717) is 17.8 Å². The van der Waals surface area contributed by atoms with Crippen molar-refractivity contribution in [1.82, 2.24) is 15.5 Å². The van der Waals surface area contributed by atoms with Crippen molar-refractivity contribution in [2.45, 2.75) is 83.7 Å². The lowest BCUT2D eigenvalue weighted by Gasteiger charge is -2.31. The summed E-state index contributed by atoms with van der Waals surface area (Å²) in [7, 11) is -0.701. The van der Waals surface area contributed by atoms with Crippen molar-refractivity contribution in [3.8, 4) is 0 Å². The Bertz CT molecular complexity index is 738. The Hall–Kier alpha value is -1.40. The molecule has 4 atom stereocenters. The number of nitrogens with one attached hydrogen (secondary N) is 2. The first-order chi connectivity index (χ1) is 15.1. The maximum atomic E-state index is 12.3. The van der Waals surface area contributed by atoms with Crippen molar-refractivity contribution >= 4 is 16.8 Å². The highest BCUT2D eigenvalue weighted by atomic mass is 32.2. The van der Waals surface area contributed by atoms with E-state index < -0.39 is 10.8 Å². The van der Waals surface area contributed by atoms with Crippen LogP contribution in [0.25, 0.3) is 0 Å². The summed E-state index contributed by atoms with van der Waals surface area (Å²) >= 11 is 0. The second-order valence-electron chi connectivity index (χ2n) is 9.25. The third-order valence-corrected chi connectivity index (χ3v) is 8.37. The van der Waals surface area contributed by atoms with E-state index in [1.165, 1.54) is 37.1 Å². The van der Waals surface area contributed by atoms with Crippen LogP contribution in [-0.4, -0.2) is 51.7 Å². The van der Waals surface area contributed by atoms with E-state index in [-0.39, 0.29) is 0 Å². The van der Waals surface area contributed by atoms with Gasteiger partial charge < -0.3 is 10.6 Å². The van der Waals surface area contributed by atoms with Crippen molar-refractivity contribution in [2.24, 2.45) is 10.9 Å². The first-order valence-electron chi connectivity index (χ1n) is 12.3. The molecule has 1 saturated heterocycles. The molecule has 0 radical (unpaired) electrons. The third kappa shape index (κ3) is 7.60. The van der Waals surface area contributed by atoms with E-state index in [2.05, 4.69) is 53.6 Å². The van der Waals surface area contributed by atoms with Crippen molar-refractivity contribution in [1.29, 1.82) is 0 Å². The lowest BCUT2D eigenvalue weighted by Crippen LogP contribution is -2.46. The van der Waals surface area contributed by atoms with Crippen LogP contribution in [0.4, 0.5) is 0 Å². The molecule has 1 aliphatic heterocycles. The molecule has 6 heteroatoms. The van der Waals surface area contributed by atoms with Gasteiger partial charge in [-0.05, 0) is 62.6 Å². The summed E-state index contributed by atoms with van der Waals surface area (Å²) in [6, 6.07) is 9.11. The van der Waals surface area contributed by atoms with Crippen LogP contribution in [0.1, 0.15) is 70.4 Å².